The summed E-state index contributed by atoms with van der Waals surface area (Å²) in [5.74, 6) is 0.604. The number of benzene rings is 1. The molecule has 13 heavy (non-hydrogen) atoms. The Bertz CT molecular complexity index is 405. The van der Waals surface area contributed by atoms with Gasteiger partial charge in [-0.15, -0.1) is 5.10 Å². The molecule has 0 saturated carbocycles. The molecule has 0 aliphatic rings. The third kappa shape index (κ3) is 1.41. The SMILES string of the molecule is CCC(C)c1ccc2nn[nH]c2c1. The zero-order chi connectivity index (χ0) is 9.26. The summed E-state index contributed by atoms with van der Waals surface area (Å²) in [6.07, 6.45) is 1.16. The number of fused-ring (bicyclic) bond motifs is 1. The molecule has 3 heteroatoms. The van der Waals surface area contributed by atoms with E-state index >= 15 is 0 Å². The summed E-state index contributed by atoms with van der Waals surface area (Å²) in [6.45, 7) is 4.42. The molecule has 0 amide bonds. The van der Waals surface area contributed by atoms with Gasteiger partial charge in [0, 0.05) is 0 Å². The zero-order valence-corrected chi connectivity index (χ0v) is 7.91. The third-order valence-corrected chi connectivity index (χ3v) is 2.53. The highest BCUT2D eigenvalue weighted by Gasteiger charge is 2.04. The standard InChI is InChI=1S/C10H13N3/c1-3-7(2)8-4-5-9-10(6-8)12-13-11-9/h4-7H,3H2,1-2H3,(H,11,12,13). The van der Waals surface area contributed by atoms with E-state index in [9.17, 15) is 0 Å². The summed E-state index contributed by atoms with van der Waals surface area (Å²) in [7, 11) is 0. The molecule has 0 fully saturated rings. The first-order chi connectivity index (χ1) is 6.31. The molecule has 1 aromatic carbocycles. The molecular weight excluding hydrogens is 162 g/mol. The maximum atomic E-state index is 3.94. The summed E-state index contributed by atoms with van der Waals surface area (Å²) in [5, 5.41) is 10.6. The van der Waals surface area contributed by atoms with Crippen LogP contribution < -0.4 is 0 Å². The average molecular weight is 175 g/mol. The number of hydrogen-bond acceptors (Lipinski definition) is 2. The molecule has 0 radical (unpaired) electrons. The van der Waals surface area contributed by atoms with E-state index in [2.05, 4.69) is 41.4 Å². The maximum absolute atomic E-state index is 3.94. The van der Waals surface area contributed by atoms with Gasteiger partial charge in [-0.2, -0.15) is 0 Å². The summed E-state index contributed by atoms with van der Waals surface area (Å²) in [5.41, 5.74) is 3.31. The van der Waals surface area contributed by atoms with Crippen LogP contribution in [0.3, 0.4) is 0 Å². The maximum Gasteiger partial charge on any atom is 0.112 e. The number of rotatable bonds is 2. The van der Waals surface area contributed by atoms with Crippen molar-refractivity contribution in [1.29, 1.82) is 0 Å². The van der Waals surface area contributed by atoms with Crippen LogP contribution in [0, 0.1) is 0 Å². The lowest BCUT2D eigenvalue weighted by atomic mass is 9.98. The van der Waals surface area contributed by atoms with Crippen molar-refractivity contribution in [2.24, 2.45) is 0 Å². The van der Waals surface area contributed by atoms with E-state index in [4.69, 9.17) is 0 Å². The molecule has 0 saturated heterocycles. The minimum absolute atomic E-state index is 0.604. The highest BCUT2D eigenvalue weighted by atomic mass is 15.3. The Morgan fingerprint density at radius 1 is 1.46 bits per heavy atom. The van der Waals surface area contributed by atoms with E-state index in [1.165, 1.54) is 5.56 Å². The Balaban J connectivity index is 2.48. The van der Waals surface area contributed by atoms with Crippen molar-refractivity contribution in [3.8, 4) is 0 Å². The number of aromatic amines is 1. The fraction of sp³-hybridized carbons (Fsp3) is 0.400. The van der Waals surface area contributed by atoms with Crippen molar-refractivity contribution in [3.63, 3.8) is 0 Å². The molecule has 1 N–H and O–H groups in total. The Morgan fingerprint density at radius 3 is 3.08 bits per heavy atom. The van der Waals surface area contributed by atoms with E-state index in [-0.39, 0.29) is 0 Å². The minimum atomic E-state index is 0.604. The highest BCUT2D eigenvalue weighted by Crippen LogP contribution is 2.21. The lowest BCUT2D eigenvalue weighted by molar-refractivity contribution is 0.734. The van der Waals surface area contributed by atoms with Crippen molar-refractivity contribution in [1.82, 2.24) is 15.4 Å². The molecule has 0 aliphatic carbocycles. The molecule has 1 unspecified atom stereocenters. The number of hydrogen-bond donors (Lipinski definition) is 1. The predicted octanol–water partition coefficient (Wildman–Crippen LogP) is 2.47. The van der Waals surface area contributed by atoms with Crippen LogP contribution in [0.15, 0.2) is 18.2 Å². The Labute approximate surface area is 77.2 Å². The first kappa shape index (κ1) is 8.23. The lowest BCUT2D eigenvalue weighted by Crippen LogP contribution is -1.90. The molecular formula is C10H13N3. The van der Waals surface area contributed by atoms with Crippen LogP contribution in [0.4, 0.5) is 0 Å². The summed E-state index contributed by atoms with van der Waals surface area (Å²) in [6, 6.07) is 6.27. The molecule has 3 nitrogen and oxygen atoms in total. The second-order valence-corrected chi connectivity index (χ2v) is 3.40. The van der Waals surface area contributed by atoms with Crippen LogP contribution in [-0.2, 0) is 0 Å². The summed E-state index contributed by atoms with van der Waals surface area (Å²) in [4.78, 5) is 0. The zero-order valence-electron chi connectivity index (χ0n) is 7.91. The fourth-order valence-electron chi connectivity index (χ4n) is 1.41. The van der Waals surface area contributed by atoms with Crippen molar-refractivity contribution in [2.75, 3.05) is 0 Å². The lowest BCUT2D eigenvalue weighted by Gasteiger charge is -2.07. The van der Waals surface area contributed by atoms with Crippen molar-refractivity contribution >= 4 is 11.0 Å². The molecule has 1 aromatic heterocycles. The normalized spacial score (nSPS) is 13.4. The van der Waals surface area contributed by atoms with Crippen LogP contribution in [0.1, 0.15) is 31.7 Å². The molecule has 68 valence electrons. The summed E-state index contributed by atoms with van der Waals surface area (Å²) >= 11 is 0. The molecule has 2 aromatic rings. The van der Waals surface area contributed by atoms with Crippen molar-refractivity contribution in [3.05, 3.63) is 23.8 Å². The average Bonchev–Trinajstić information content (AvgIpc) is 2.63. The largest absolute Gasteiger partial charge is 0.258 e. The van der Waals surface area contributed by atoms with Gasteiger partial charge in [0.1, 0.15) is 5.52 Å². The van der Waals surface area contributed by atoms with E-state index in [1.807, 2.05) is 6.07 Å². The van der Waals surface area contributed by atoms with Gasteiger partial charge >= 0.3 is 0 Å². The van der Waals surface area contributed by atoms with Crippen LogP contribution in [0.2, 0.25) is 0 Å². The van der Waals surface area contributed by atoms with Gasteiger partial charge in [0.25, 0.3) is 0 Å². The molecule has 0 bridgehead atoms. The monoisotopic (exact) mass is 175 g/mol. The smallest absolute Gasteiger partial charge is 0.112 e. The van der Waals surface area contributed by atoms with Gasteiger partial charge in [0.05, 0.1) is 5.52 Å². The Kier molecular flexibility index (Phi) is 2.00. The van der Waals surface area contributed by atoms with Gasteiger partial charge in [-0.3, -0.25) is 5.10 Å². The number of nitrogens with zero attached hydrogens (tertiary/aromatic N) is 2. The Hall–Kier alpha value is -1.38. The van der Waals surface area contributed by atoms with E-state index in [0.717, 1.165) is 17.5 Å². The first-order valence-electron chi connectivity index (χ1n) is 4.62. The highest BCUT2D eigenvalue weighted by molar-refractivity contribution is 5.74. The molecule has 1 heterocycles. The number of H-pyrrole nitrogens is 1. The van der Waals surface area contributed by atoms with E-state index < -0.39 is 0 Å². The summed E-state index contributed by atoms with van der Waals surface area (Å²) < 4.78 is 0. The van der Waals surface area contributed by atoms with Gasteiger partial charge in [-0.25, -0.2) is 0 Å². The van der Waals surface area contributed by atoms with Gasteiger partial charge in [-0.1, -0.05) is 25.1 Å². The first-order valence-corrected chi connectivity index (χ1v) is 4.62. The molecule has 1 atom stereocenters. The van der Waals surface area contributed by atoms with Gasteiger partial charge in [-0.05, 0) is 30.0 Å². The fourth-order valence-corrected chi connectivity index (χ4v) is 1.41. The van der Waals surface area contributed by atoms with Crippen LogP contribution in [0.25, 0.3) is 11.0 Å². The minimum Gasteiger partial charge on any atom is -0.258 e. The van der Waals surface area contributed by atoms with E-state index in [0.29, 0.717) is 5.92 Å². The number of aromatic nitrogens is 3. The van der Waals surface area contributed by atoms with Crippen LogP contribution in [0.5, 0.6) is 0 Å². The van der Waals surface area contributed by atoms with Crippen LogP contribution in [-0.4, -0.2) is 15.4 Å². The van der Waals surface area contributed by atoms with Gasteiger partial charge in [0.15, 0.2) is 0 Å². The van der Waals surface area contributed by atoms with Gasteiger partial charge < -0.3 is 0 Å². The Morgan fingerprint density at radius 2 is 2.31 bits per heavy atom. The van der Waals surface area contributed by atoms with E-state index in [1.54, 1.807) is 0 Å². The van der Waals surface area contributed by atoms with Crippen molar-refractivity contribution in [2.45, 2.75) is 26.2 Å². The third-order valence-electron chi connectivity index (χ3n) is 2.53. The second-order valence-electron chi connectivity index (χ2n) is 3.40. The predicted molar refractivity (Wildman–Crippen MR) is 52.6 cm³/mol. The molecule has 2 rings (SSSR count). The quantitative estimate of drug-likeness (QED) is 0.761. The number of nitrogens with one attached hydrogen (secondary N) is 1. The second kappa shape index (κ2) is 3.17. The van der Waals surface area contributed by atoms with Crippen LogP contribution >= 0.6 is 0 Å². The molecule has 0 aliphatic heterocycles. The topological polar surface area (TPSA) is 41.6 Å². The van der Waals surface area contributed by atoms with Gasteiger partial charge in [0.2, 0.25) is 0 Å². The molecule has 0 spiro atoms. The van der Waals surface area contributed by atoms with Crippen molar-refractivity contribution < 1.29 is 0 Å².